The predicted molar refractivity (Wildman–Crippen MR) is 53.4 cm³/mol. The molecule has 3 nitrogen and oxygen atoms in total. The summed E-state index contributed by atoms with van der Waals surface area (Å²) in [5.74, 6) is 0.0247. The van der Waals surface area contributed by atoms with Crippen molar-refractivity contribution in [1.29, 1.82) is 0 Å². The molecule has 1 aromatic carbocycles. The number of carbonyl (C=O) groups is 1. The van der Waals surface area contributed by atoms with Gasteiger partial charge >= 0.3 is 0 Å². The second-order valence-electron chi connectivity index (χ2n) is 2.81. The molecule has 0 atom stereocenters. The van der Waals surface area contributed by atoms with Crippen molar-refractivity contribution in [3.05, 3.63) is 30.3 Å². The summed E-state index contributed by atoms with van der Waals surface area (Å²) in [6.45, 7) is 0.558. The number of nitrogens with two attached hydrogens (primary N) is 1. The van der Waals surface area contributed by atoms with E-state index < -0.39 is 0 Å². The Balaban J connectivity index is 2.37. The fourth-order valence-corrected chi connectivity index (χ4v) is 1.01. The summed E-state index contributed by atoms with van der Waals surface area (Å²) in [5, 5.41) is 2.78. The fourth-order valence-electron chi connectivity index (χ4n) is 1.01. The van der Waals surface area contributed by atoms with Gasteiger partial charge < -0.3 is 11.1 Å². The predicted octanol–water partition coefficient (Wildman–Crippen LogP) is 1.36. The average molecular weight is 178 g/mol. The summed E-state index contributed by atoms with van der Waals surface area (Å²) in [5.41, 5.74) is 6.13. The van der Waals surface area contributed by atoms with Crippen LogP contribution in [-0.4, -0.2) is 12.5 Å². The van der Waals surface area contributed by atoms with E-state index in [-0.39, 0.29) is 5.91 Å². The molecule has 0 saturated carbocycles. The molecule has 1 aromatic rings. The lowest BCUT2D eigenvalue weighted by Crippen LogP contribution is -2.13. The second kappa shape index (κ2) is 5.32. The van der Waals surface area contributed by atoms with Crippen LogP contribution >= 0.6 is 0 Å². The summed E-state index contributed by atoms with van der Waals surface area (Å²) in [6, 6.07) is 9.41. The van der Waals surface area contributed by atoms with Crippen molar-refractivity contribution in [3.8, 4) is 0 Å². The van der Waals surface area contributed by atoms with Gasteiger partial charge in [0.25, 0.3) is 0 Å². The average Bonchev–Trinajstić information content (AvgIpc) is 2.16. The fraction of sp³-hybridized carbons (Fsp3) is 0.300. The van der Waals surface area contributed by atoms with Crippen LogP contribution in [0.15, 0.2) is 30.3 Å². The van der Waals surface area contributed by atoms with E-state index in [1.165, 1.54) is 0 Å². The van der Waals surface area contributed by atoms with Crippen LogP contribution < -0.4 is 11.1 Å². The van der Waals surface area contributed by atoms with E-state index in [4.69, 9.17) is 5.73 Å². The van der Waals surface area contributed by atoms with Gasteiger partial charge in [-0.3, -0.25) is 4.79 Å². The van der Waals surface area contributed by atoms with Crippen molar-refractivity contribution in [2.24, 2.45) is 5.73 Å². The first kappa shape index (κ1) is 9.74. The minimum absolute atomic E-state index is 0.0247. The minimum atomic E-state index is 0.0247. The minimum Gasteiger partial charge on any atom is -0.330 e. The maximum atomic E-state index is 11.2. The number of para-hydroxylation sites is 1. The molecule has 3 heteroatoms. The van der Waals surface area contributed by atoms with Gasteiger partial charge in [-0.2, -0.15) is 0 Å². The van der Waals surface area contributed by atoms with Gasteiger partial charge in [0.15, 0.2) is 0 Å². The number of hydrogen-bond donors (Lipinski definition) is 2. The molecule has 1 amide bonds. The number of anilines is 1. The topological polar surface area (TPSA) is 55.1 Å². The molecule has 0 unspecified atom stereocenters. The zero-order chi connectivity index (χ0) is 9.52. The summed E-state index contributed by atoms with van der Waals surface area (Å²) < 4.78 is 0. The quantitative estimate of drug-likeness (QED) is 0.731. The third-order valence-corrected chi connectivity index (χ3v) is 1.67. The van der Waals surface area contributed by atoms with Crippen LogP contribution in [0.5, 0.6) is 0 Å². The highest BCUT2D eigenvalue weighted by Crippen LogP contribution is 2.05. The van der Waals surface area contributed by atoms with Gasteiger partial charge in [-0.05, 0) is 25.1 Å². The van der Waals surface area contributed by atoms with Crippen molar-refractivity contribution < 1.29 is 4.79 Å². The summed E-state index contributed by atoms with van der Waals surface area (Å²) in [4.78, 5) is 11.2. The Bertz CT molecular complexity index is 259. The van der Waals surface area contributed by atoms with E-state index in [9.17, 15) is 4.79 Å². The highest BCUT2D eigenvalue weighted by atomic mass is 16.1. The van der Waals surface area contributed by atoms with Gasteiger partial charge in [0.05, 0.1) is 0 Å². The van der Waals surface area contributed by atoms with E-state index in [1.807, 2.05) is 30.3 Å². The van der Waals surface area contributed by atoms with Crippen LogP contribution in [0.1, 0.15) is 12.8 Å². The van der Waals surface area contributed by atoms with Gasteiger partial charge in [-0.25, -0.2) is 0 Å². The molecule has 1 rings (SSSR count). The monoisotopic (exact) mass is 178 g/mol. The van der Waals surface area contributed by atoms with Crippen molar-refractivity contribution >= 4 is 11.6 Å². The molecule has 13 heavy (non-hydrogen) atoms. The zero-order valence-electron chi connectivity index (χ0n) is 7.49. The summed E-state index contributed by atoms with van der Waals surface area (Å²) >= 11 is 0. The Labute approximate surface area is 77.9 Å². The number of carbonyl (C=O) groups excluding carboxylic acids is 1. The third kappa shape index (κ3) is 3.71. The lowest BCUT2D eigenvalue weighted by atomic mass is 10.2. The Hall–Kier alpha value is -1.35. The molecule has 0 aromatic heterocycles. The summed E-state index contributed by atoms with van der Waals surface area (Å²) in [7, 11) is 0. The lowest BCUT2D eigenvalue weighted by molar-refractivity contribution is -0.116. The molecule has 0 aliphatic carbocycles. The first-order chi connectivity index (χ1) is 6.33. The molecule has 0 bridgehead atoms. The van der Waals surface area contributed by atoms with Crippen LogP contribution in [0, 0.1) is 0 Å². The van der Waals surface area contributed by atoms with Crippen LogP contribution in [-0.2, 0) is 4.79 Å². The number of benzene rings is 1. The van der Waals surface area contributed by atoms with Crippen molar-refractivity contribution in [2.75, 3.05) is 11.9 Å². The largest absolute Gasteiger partial charge is 0.330 e. The maximum absolute atomic E-state index is 11.2. The van der Waals surface area contributed by atoms with E-state index in [0.29, 0.717) is 13.0 Å². The lowest BCUT2D eigenvalue weighted by Gasteiger charge is -2.03. The Kier molecular flexibility index (Phi) is 3.99. The molecule has 0 aliphatic rings. The van der Waals surface area contributed by atoms with Gasteiger partial charge in [0.2, 0.25) is 5.91 Å². The second-order valence-corrected chi connectivity index (χ2v) is 2.81. The molecular formula is C10H14N2O. The molecule has 0 spiro atoms. The molecule has 0 saturated heterocycles. The van der Waals surface area contributed by atoms with E-state index in [2.05, 4.69) is 5.32 Å². The SMILES string of the molecule is NCCCC(=O)Nc1ccccc1. The first-order valence-corrected chi connectivity index (χ1v) is 4.38. The molecule has 0 fully saturated rings. The van der Waals surface area contributed by atoms with Crippen molar-refractivity contribution in [3.63, 3.8) is 0 Å². The normalized spacial score (nSPS) is 9.62. The third-order valence-electron chi connectivity index (χ3n) is 1.67. The van der Waals surface area contributed by atoms with Gasteiger partial charge in [0.1, 0.15) is 0 Å². The molecular weight excluding hydrogens is 164 g/mol. The van der Waals surface area contributed by atoms with E-state index in [1.54, 1.807) is 0 Å². The van der Waals surface area contributed by atoms with Crippen LogP contribution in [0.25, 0.3) is 0 Å². The molecule has 3 N–H and O–H groups in total. The number of nitrogens with one attached hydrogen (secondary N) is 1. The standard InChI is InChI=1S/C10H14N2O/c11-8-4-7-10(13)12-9-5-2-1-3-6-9/h1-3,5-6H,4,7-8,11H2,(H,12,13). The Morgan fingerprint density at radius 1 is 1.31 bits per heavy atom. The van der Waals surface area contributed by atoms with Crippen LogP contribution in [0.2, 0.25) is 0 Å². The van der Waals surface area contributed by atoms with Gasteiger partial charge in [0, 0.05) is 12.1 Å². The number of rotatable bonds is 4. The molecule has 0 radical (unpaired) electrons. The molecule has 70 valence electrons. The highest BCUT2D eigenvalue weighted by molar-refractivity contribution is 5.90. The van der Waals surface area contributed by atoms with Crippen LogP contribution in [0.4, 0.5) is 5.69 Å². The van der Waals surface area contributed by atoms with E-state index in [0.717, 1.165) is 12.1 Å². The van der Waals surface area contributed by atoms with Crippen molar-refractivity contribution in [2.45, 2.75) is 12.8 Å². The Morgan fingerprint density at radius 2 is 2.00 bits per heavy atom. The molecule has 0 heterocycles. The Morgan fingerprint density at radius 3 is 2.62 bits per heavy atom. The van der Waals surface area contributed by atoms with Crippen LogP contribution in [0.3, 0.4) is 0 Å². The number of amides is 1. The smallest absolute Gasteiger partial charge is 0.224 e. The maximum Gasteiger partial charge on any atom is 0.224 e. The van der Waals surface area contributed by atoms with Gasteiger partial charge in [-0.15, -0.1) is 0 Å². The number of hydrogen-bond acceptors (Lipinski definition) is 2. The zero-order valence-corrected chi connectivity index (χ0v) is 7.49. The first-order valence-electron chi connectivity index (χ1n) is 4.38. The van der Waals surface area contributed by atoms with E-state index >= 15 is 0 Å². The molecule has 0 aliphatic heterocycles. The highest BCUT2D eigenvalue weighted by Gasteiger charge is 1.99. The van der Waals surface area contributed by atoms with Crippen molar-refractivity contribution in [1.82, 2.24) is 0 Å². The van der Waals surface area contributed by atoms with Gasteiger partial charge in [-0.1, -0.05) is 18.2 Å². The summed E-state index contributed by atoms with van der Waals surface area (Å²) in [6.07, 6.45) is 1.23.